The average Bonchev–Trinajstić information content (AvgIpc) is 2.38. The first-order valence-corrected chi connectivity index (χ1v) is 6.67. The number of anilines is 3. The highest BCUT2D eigenvalue weighted by Gasteiger charge is 2.29. The van der Waals surface area contributed by atoms with Crippen LogP contribution in [0.2, 0.25) is 0 Å². The molecule has 7 N–H and O–H groups in total. The summed E-state index contributed by atoms with van der Waals surface area (Å²) in [6.45, 7) is 6.07. The number of nitrogens with two attached hydrogens (primary N) is 1. The van der Waals surface area contributed by atoms with Crippen LogP contribution in [0.3, 0.4) is 0 Å². The van der Waals surface area contributed by atoms with Crippen molar-refractivity contribution < 1.29 is 10.2 Å². The molecule has 20 heavy (non-hydrogen) atoms. The van der Waals surface area contributed by atoms with Gasteiger partial charge in [0.1, 0.15) is 11.8 Å². The van der Waals surface area contributed by atoms with Gasteiger partial charge >= 0.3 is 0 Å². The molecule has 0 radical (unpaired) electrons. The van der Waals surface area contributed by atoms with E-state index >= 15 is 0 Å². The molecule has 1 aliphatic heterocycles. The topological polar surface area (TPSA) is 136 Å². The minimum Gasteiger partial charge on any atom is -0.391 e. The number of aromatic nitrogens is 2. The Kier molecular flexibility index (Phi) is 5.78. The van der Waals surface area contributed by atoms with Gasteiger partial charge in [0.15, 0.2) is 5.82 Å². The first-order chi connectivity index (χ1) is 9.40. The van der Waals surface area contributed by atoms with E-state index in [1.54, 1.807) is 0 Å². The second-order valence-corrected chi connectivity index (χ2v) is 4.74. The highest BCUT2D eigenvalue weighted by atomic mass is 16.3. The predicted octanol–water partition coefficient (Wildman–Crippen LogP) is -0.284. The van der Waals surface area contributed by atoms with Crippen LogP contribution in [0.5, 0.6) is 0 Å². The summed E-state index contributed by atoms with van der Waals surface area (Å²) in [5.74, 6) is 0.373. The Morgan fingerprint density at radius 2 is 2.05 bits per heavy atom. The van der Waals surface area contributed by atoms with Crippen molar-refractivity contribution in [3.05, 3.63) is 10.4 Å². The zero-order chi connectivity index (χ0) is 15.3. The van der Waals surface area contributed by atoms with Gasteiger partial charge in [0.25, 0.3) is 5.56 Å². The second kappa shape index (κ2) is 7.11. The molecule has 114 valence electrons. The van der Waals surface area contributed by atoms with Crippen LogP contribution in [0, 0.1) is 0 Å². The lowest BCUT2D eigenvalue weighted by Crippen LogP contribution is -2.48. The SMILES string of the molecule is CCC.C[C@H](O)[C@H](O)[C@H]1CNc2nc(N)[nH]c(=O)c2N1. The summed E-state index contributed by atoms with van der Waals surface area (Å²) >= 11 is 0. The number of aliphatic hydroxyl groups is 2. The third-order valence-corrected chi connectivity index (χ3v) is 2.66. The largest absolute Gasteiger partial charge is 0.391 e. The number of aliphatic hydroxyl groups excluding tert-OH is 2. The van der Waals surface area contributed by atoms with Crippen LogP contribution in [0.25, 0.3) is 0 Å². The summed E-state index contributed by atoms with van der Waals surface area (Å²) in [6.07, 6.45) is -0.621. The molecule has 0 aliphatic carbocycles. The maximum Gasteiger partial charge on any atom is 0.277 e. The van der Waals surface area contributed by atoms with Crippen LogP contribution < -0.4 is 21.9 Å². The molecule has 1 aliphatic rings. The smallest absolute Gasteiger partial charge is 0.277 e. The molecule has 0 unspecified atom stereocenters. The molecule has 2 heterocycles. The Bertz CT molecular complexity index is 488. The molecule has 8 heteroatoms. The molecule has 0 spiro atoms. The average molecular weight is 285 g/mol. The summed E-state index contributed by atoms with van der Waals surface area (Å²) in [6, 6.07) is -0.464. The molecule has 2 rings (SSSR count). The molecule has 0 saturated carbocycles. The summed E-state index contributed by atoms with van der Waals surface area (Å²) < 4.78 is 0. The highest BCUT2D eigenvalue weighted by molar-refractivity contribution is 5.67. The number of H-pyrrole nitrogens is 1. The zero-order valence-corrected chi connectivity index (χ0v) is 12.0. The first kappa shape index (κ1) is 16.3. The number of fused-ring (bicyclic) bond motifs is 1. The number of nitrogen functional groups attached to an aromatic ring is 1. The minimum absolute atomic E-state index is 0.0255. The van der Waals surface area contributed by atoms with E-state index in [1.165, 1.54) is 13.3 Å². The molecule has 0 saturated heterocycles. The fraction of sp³-hybridized carbons (Fsp3) is 0.667. The Morgan fingerprint density at radius 3 is 2.60 bits per heavy atom. The third kappa shape index (κ3) is 3.84. The van der Waals surface area contributed by atoms with Gasteiger partial charge in [-0.3, -0.25) is 9.78 Å². The molecule has 0 amide bonds. The van der Waals surface area contributed by atoms with Crippen LogP contribution in [0.4, 0.5) is 17.5 Å². The van der Waals surface area contributed by atoms with Crippen molar-refractivity contribution in [2.75, 3.05) is 22.9 Å². The van der Waals surface area contributed by atoms with Gasteiger partial charge < -0.3 is 26.6 Å². The van der Waals surface area contributed by atoms with Crippen molar-refractivity contribution in [1.82, 2.24) is 9.97 Å². The summed E-state index contributed by atoms with van der Waals surface area (Å²) in [5, 5.41) is 24.7. The lowest BCUT2D eigenvalue weighted by Gasteiger charge is -2.31. The Labute approximate surface area is 117 Å². The molecular formula is C12H23N5O3. The van der Waals surface area contributed by atoms with E-state index in [0.717, 1.165) is 0 Å². The van der Waals surface area contributed by atoms with E-state index in [0.29, 0.717) is 12.4 Å². The van der Waals surface area contributed by atoms with Crippen molar-refractivity contribution in [1.29, 1.82) is 0 Å². The van der Waals surface area contributed by atoms with Gasteiger partial charge in [0.2, 0.25) is 5.95 Å². The molecular weight excluding hydrogens is 262 g/mol. The van der Waals surface area contributed by atoms with E-state index in [-0.39, 0.29) is 11.6 Å². The van der Waals surface area contributed by atoms with Crippen molar-refractivity contribution >= 4 is 17.5 Å². The maximum atomic E-state index is 11.6. The minimum atomic E-state index is -0.979. The van der Waals surface area contributed by atoms with Crippen LogP contribution >= 0.6 is 0 Å². The van der Waals surface area contributed by atoms with E-state index in [2.05, 4.69) is 34.4 Å². The van der Waals surface area contributed by atoms with Crippen molar-refractivity contribution in [3.63, 3.8) is 0 Å². The Morgan fingerprint density at radius 1 is 1.45 bits per heavy atom. The van der Waals surface area contributed by atoms with E-state index < -0.39 is 23.8 Å². The second-order valence-electron chi connectivity index (χ2n) is 4.74. The van der Waals surface area contributed by atoms with Crippen molar-refractivity contribution in [2.24, 2.45) is 0 Å². The monoisotopic (exact) mass is 285 g/mol. The van der Waals surface area contributed by atoms with Crippen molar-refractivity contribution in [2.45, 2.75) is 45.4 Å². The molecule has 0 bridgehead atoms. The number of nitrogens with zero attached hydrogens (tertiary/aromatic N) is 1. The van der Waals surface area contributed by atoms with Crippen LogP contribution in [-0.4, -0.2) is 45.0 Å². The van der Waals surface area contributed by atoms with Crippen molar-refractivity contribution in [3.8, 4) is 0 Å². The fourth-order valence-corrected chi connectivity index (χ4v) is 1.74. The molecule has 8 nitrogen and oxygen atoms in total. The number of hydrogen-bond donors (Lipinski definition) is 6. The van der Waals surface area contributed by atoms with Gasteiger partial charge in [0, 0.05) is 6.54 Å². The van der Waals surface area contributed by atoms with Gasteiger partial charge in [-0.1, -0.05) is 20.3 Å². The quantitative estimate of drug-likeness (QED) is 0.439. The summed E-state index contributed by atoms with van der Waals surface area (Å²) in [4.78, 5) is 17.9. The van der Waals surface area contributed by atoms with Crippen LogP contribution in [-0.2, 0) is 0 Å². The zero-order valence-electron chi connectivity index (χ0n) is 12.0. The summed E-state index contributed by atoms with van der Waals surface area (Å²) in [7, 11) is 0. The van der Waals surface area contributed by atoms with Gasteiger partial charge in [0.05, 0.1) is 12.1 Å². The van der Waals surface area contributed by atoms with Gasteiger partial charge in [-0.2, -0.15) is 4.98 Å². The first-order valence-electron chi connectivity index (χ1n) is 6.67. The van der Waals surface area contributed by atoms with Gasteiger partial charge in [-0.15, -0.1) is 0 Å². The van der Waals surface area contributed by atoms with Gasteiger partial charge in [-0.25, -0.2) is 0 Å². The number of rotatable bonds is 2. The van der Waals surface area contributed by atoms with Crippen LogP contribution in [0.1, 0.15) is 27.2 Å². The Balaban J connectivity index is 0.000000612. The maximum absolute atomic E-state index is 11.6. The van der Waals surface area contributed by atoms with E-state index in [4.69, 9.17) is 5.73 Å². The molecule has 0 aromatic carbocycles. The van der Waals surface area contributed by atoms with Crippen LogP contribution in [0.15, 0.2) is 4.79 Å². The normalized spacial score (nSPS) is 19.6. The molecule has 1 aromatic rings. The number of hydrogen-bond acceptors (Lipinski definition) is 7. The lowest BCUT2D eigenvalue weighted by molar-refractivity contribution is 0.0214. The molecule has 3 atom stereocenters. The third-order valence-electron chi connectivity index (χ3n) is 2.66. The number of aromatic amines is 1. The van der Waals surface area contributed by atoms with E-state index in [1.807, 2.05) is 0 Å². The standard InChI is InChI=1S/C9H15N5O3.C3H8/c1-3(15)6(16)4-2-11-7-5(12-4)8(17)14-9(10)13-7;1-3-2/h3-4,6,12,15-16H,2H2,1H3,(H4,10,11,13,14,17);3H2,1-2H3/t3-,4+,6-;/m0./s1. The lowest BCUT2D eigenvalue weighted by atomic mass is 10.0. The molecule has 1 aromatic heterocycles. The summed E-state index contributed by atoms with van der Waals surface area (Å²) in [5.41, 5.74) is 5.20. The predicted molar refractivity (Wildman–Crippen MR) is 78.8 cm³/mol. The Hall–Kier alpha value is -1.80. The number of nitrogens with one attached hydrogen (secondary N) is 3. The molecule has 0 fully saturated rings. The fourth-order valence-electron chi connectivity index (χ4n) is 1.74. The highest BCUT2D eigenvalue weighted by Crippen LogP contribution is 2.21. The van der Waals surface area contributed by atoms with Gasteiger partial charge in [-0.05, 0) is 6.92 Å². The van der Waals surface area contributed by atoms with E-state index in [9.17, 15) is 15.0 Å².